The number of amides is 1. The van der Waals surface area contributed by atoms with Crippen molar-refractivity contribution < 1.29 is 9.21 Å². The number of fused-ring (bicyclic) bond motifs is 2. The molecule has 0 saturated carbocycles. The lowest BCUT2D eigenvalue weighted by atomic mass is 10.2. The van der Waals surface area contributed by atoms with E-state index >= 15 is 0 Å². The first kappa shape index (κ1) is 16.7. The Balaban J connectivity index is 1.28. The van der Waals surface area contributed by atoms with Crippen LogP contribution in [0.3, 0.4) is 0 Å². The summed E-state index contributed by atoms with van der Waals surface area (Å²) in [5.74, 6) is 1.02. The summed E-state index contributed by atoms with van der Waals surface area (Å²) >= 11 is 0. The van der Waals surface area contributed by atoms with Gasteiger partial charge in [0.2, 0.25) is 0 Å². The summed E-state index contributed by atoms with van der Waals surface area (Å²) in [7, 11) is 0. The lowest BCUT2D eigenvalue weighted by Crippen LogP contribution is -2.27. The third-order valence-electron chi connectivity index (χ3n) is 5.08. The first-order chi connectivity index (χ1) is 13.8. The minimum Gasteiger partial charge on any atom is -0.451 e. The van der Waals surface area contributed by atoms with E-state index in [4.69, 9.17) is 4.42 Å². The Bertz CT molecular complexity index is 1110. The van der Waals surface area contributed by atoms with Crippen LogP contribution in [-0.4, -0.2) is 45.3 Å². The Labute approximate surface area is 161 Å². The minimum absolute atomic E-state index is 0.236. The van der Waals surface area contributed by atoms with Gasteiger partial charge in [-0.25, -0.2) is 14.6 Å². The molecule has 8 heteroatoms. The number of para-hydroxylation sites is 1. The van der Waals surface area contributed by atoms with Gasteiger partial charge in [-0.05, 0) is 25.0 Å². The van der Waals surface area contributed by atoms with Gasteiger partial charge in [-0.15, -0.1) is 0 Å². The van der Waals surface area contributed by atoms with E-state index in [0.717, 1.165) is 35.3 Å². The van der Waals surface area contributed by atoms with Crippen LogP contribution in [0.25, 0.3) is 22.0 Å². The van der Waals surface area contributed by atoms with Crippen molar-refractivity contribution in [3.05, 3.63) is 48.6 Å². The number of carbonyl (C=O) groups excluding carboxylic acids is 1. The van der Waals surface area contributed by atoms with Crippen LogP contribution in [0.2, 0.25) is 0 Å². The van der Waals surface area contributed by atoms with Gasteiger partial charge in [-0.1, -0.05) is 18.2 Å². The maximum absolute atomic E-state index is 12.4. The number of aromatic nitrogens is 4. The van der Waals surface area contributed by atoms with Gasteiger partial charge < -0.3 is 14.6 Å². The quantitative estimate of drug-likeness (QED) is 0.576. The summed E-state index contributed by atoms with van der Waals surface area (Å²) in [6, 6.07) is 9.32. The molecule has 1 saturated heterocycles. The highest BCUT2D eigenvalue weighted by atomic mass is 16.3. The normalized spacial score (nSPS) is 14.2. The van der Waals surface area contributed by atoms with Crippen LogP contribution in [0.4, 0.5) is 5.82 Å². The molecule has 1 aliphatic rings. The zero-order valence-corrected chi connectivity index (χ0v) is 15.3. The monoisotopic (exact) mass is 376 g/mol. The average Bonchev–Trinajstić information content (AvgIpc) is 3.47. The Morgan fingerprint density at radius 3 is 2.89 bits per heavy atom. The first-order valence-electron chi connectivity index (χ1n) is 9.48. The van der Waals surface area contributed by atoms with E-state index in [-0.39, 0.29) is 5.91 Å². The van der Waals surface area contributed by atoms with Crippen LogP contribution < -0.4 is 10.2 Å². The van der Waals surface area contributed by atoms with Gasteiger partial charge in [-0.3, -0.25) is 4.79 Å². The minimum atomic E-state index is -0.236. The second-order valence-corrected chi connectivity index (χ2v) is 6.90. The predicted octanol–water partition coefficient (Wildman–Crippen LogP) is 2.60. The second kappa shape index (κ2) is 6.95. The van der Waals surface area contributed by atoms with Gasteiger partial charge in [0.15, 0.2) is 11.4 Å². The molecule has 0 radical (unpaired) electrons. The highest BCUT2D eigenvalue weighted by Crippen LogP contribution is 2.25. The van der Waals surface area contributed by atoms with Gasteiger partial charge in [0, 0.05) is 25.0 Å². The Morgan fingerprint density at radius 2 is 2.04 bits per heavy atom. The van der Waals surface area contributed by atoms with Crippen LogP contribution in [0.5, 0.6) is 0 Å². The van der Waals surface area contributed by atoms with Crippen molar-refractivity contribution in [2.24, 2.45) is 0 Å². The van der Waals surface area contributed by atoms with E-state index in [1.165, 1.54) is 12.8 Å². The summed E-state index contributed by atoms with van der Waals surface area (Å²) in [5, 5.41) is 9.20. The number of hydrogen-bond acceptors (Lipinski definition) is 6. The molecular formula is C20H20N6O2. The maximum atomic E-state index is 12.4. The molecule has 0 bridgehead atoms. The van der Waals surface area contributed by atoms with Crippen molar-refractivity contribution in [3.63, 3.8) is 0 Å². The van der Waals surface area contributed by atoms with Crippen molar-refractivity contribution >= 4 is 33.7 Å². The highest BCUT2D eigenvalue weighted by Gasteiger charge is 2.19. The fourth-order valence-electron chi connectivity index (χ4n) is 3.68. The van der Waals surface area contributed by atoms with Gasteiger partial charge in [0.1, 0.15) is 17.7 Å². The van der Waals surface area contributed by atoms with E-state index < -0.39 is 0 Å². The highest BCUT2D eigenvalue weighted by molar-refractivity contribution is 5.96. The average molecular weight is 376 g/mol. The molecule has 0 atom stereocenters. The number of hydrogen-bond donors (Lipinski definition) is 1. The van der Waals surface area contributed by atoms with Crippen molar-refractivity contribution in [1.82, 2.24) is 25.1 Å². The van der Waals surface area contributed by atoms with Gasteiger partial charge >= 0.3 is 0 Å². The van der Waals surface area contributed by atoms with Gasteiger partial charge in [0.05, 0.1) is 18.1 Å². The van der Waals surface area contributed by atoms with Crippen LogP contribution in [-0.2, 0) is 6.54 Å². The first-order valence-corrected chi connectivity index (χ1v) is 9.48. The fraction of sp³-hybridized carbons (Fsp3) is 0.300. The van der Waals surface area contributed by atoms with E-state index in [0.29, 0.717) is 24.4 Å². The van der Waals surface area contributed by atoms with Crippen molar-refractivity contribution in [1.29, 1.82) is 0 Å². The third kappa shape index (κ3) is 2.96. The van der Waals surface area contributed by atoms with Crippen molar-refractivity contribution in [2.45, 2.75) is 19.4 Å². The number of furan rings is 1. The number of nitrogens with one attached hydrogen (secondary N) is 1. The maximum Gasteiger partial charge on any atom is 0.287 e. The molecule has 3 aromatic heterocycles. The van der Waals surface area contributed by atoms with Crippen molar-refractivity contribution in [2.75, 3.05) is 24.5 Å². The lowest BCUT2D eigenvalue weighted by molar-refractivity contribution is 0.0926. The number of rotatable bonds is 5. The van der Waals surface area contributed by atoms with Gasteiger partial charge in [-0.2, -0.15) is 5.10 Å². The SMILES string of the molecule is O=C(NCCn1ncc2c(N3CCCC3)ncnc21)c1cc2ccccc2o1. The number of nitrogens with zero attached hydrogens (tertiary/aromatic N) is 5. The van der Waals surface area contributed by atoms with E-state index in [1.54, 1.807) is 17.1 Å². The molecule has 1 N–H and O–H groups in total. The van der Waals surface area contributed by atoms with E-state index in [1.807, 2.05) is 30.5 Å². The molecule has 1 aromatic carbocycles. The number of benzene rings is 1. The van der Waals surface area contributed by atoms with Gasteiger partial charge in [0.25, 0.3) is 5.91 Å². The second-order valence-electron chi connectivity index (χ2n) is 6.90. The van der Waals surface area contributed by atoms with E-state index in [9.17, 15) is 4.79 Å². The Morgan fingerprint density at radius 1 is 1.18 bits per heavy atom. The van der Waals surface area contributed by atoms with E-state index in [2.05, 4.69) is 25.3 Å². The van der Waals surface area contributed by atoms with Crippen LogP contribution in [0.1, 0.15) is 23.4 Å². The fourth-order valence-corrected chi connectivity index (χ4v) is 3.68. The summed E-state index contributed by atoms with van der Waals surface area (Å²) in [6.45, 7) is 2.98. The Kier molecular flexibility index (Phi) is 4.16. The summed E-state index contributed by atoms with van der Waals surface area (Å²) in [6.07, 6.45) is 5.77. The molecule has 0 spiro atoms. The molecule has 1 aliphatic heterocycles. The van der Waals surface area contributed by atoms with Crippen LogP contribution in [0, 0.1) is 0 Å². The summed E-state index contributed by atoms with van der Waals surface area (Å²) < 4.78 is 7.40. The molecule has 1 amide bonds. The number of carbonyl (C=O) groups is 1. The summed E-state index contributed by atoms with van der Waals surface area (Å²) in [5.41, 5.74) is 1.49. The Hall–Kier alpha value is -3.42. The molecule has 5 rings (SSSR count). The molecule has 1 fully saturated rings. The lowest BCUT2D eigenvalue weighted by Gasteiger charge is -2.16. The molecule has 4 aromatic rings. The molecular weight excluding hydrogens is 356 g/mol. The smallest absolute Gasteiger partial charge is 0.287 e. The number of anilines is 1. The molecule has 28 heavy (non-hydrogen) atoms. The zero-order chi connectivity index (χ0) is 18.9. The standard InChI is InChI=1S/C20H20N6O2/c27-20(17-11-14-5-1-2-6-16(14)28-17)21-7-10-26-19-15(12-24-26)18(22-13-23-19)25-8-3-4-9-25/h1-2,5-6,11-13H,3-4,7-10H2,(H,21,27). The summed E-state index contributed by atoms with van der Waals surface area (Å²) in [4.78, 5) is 23.5. The largest absolute Gasteiger partial charge is 0.451 e. The van der Waals surface area contributed by atoms with Crippen LogP contribution in [0.15, 0.2) is 47.3 Å². The predicted molar refractivity (Wildman–Crippen MR) is 105 cm³/mol. The zero-order valence-electron chi connectivity index (χ0n) is 15.3. The molecule has 0 unspecified atom stereocenters. The molecule has 4 heterocycles. The van der Waals surface area contributed by atoms with Crippen LogP contribution >= 0.6 is 0 Å². The molecule has 0 aliphatic carbocycles. The van der Waals surface area contributed by atoms with Crippen molar-refractivity contribution in [3.8, 4) is 0 Å². The molecule has 142 valence electrons. The topological polar surface area (TPSA) is 89.1 Å². The molecule has 8 nitrogen and oxygen atoms in total. The third-order valence-corrected chi connectivity index (χ3v) is 5.08.